The number of rotatable bonds is 5. The number of benzene rings is 2. The number of imidazole rings is 1. The number of H-pyrrole nitrogens is 1. The maximum atomic E-state index is 13.0. The largest absolute Gasteiger partial charge is 0.349 e. The zero-order valence-electron chi connectivity index (χ0n) is 20.3. The first-order chi connectivity index (χ1) is 17.0. The molecule has 6 rings (SSSR count). The third kappa shape index (κ3) is 4.35. The summed E-state index contributed by atoms with van der Waals surface area (Å²) in [6, 6.07) is 13.7. The minimum atomic E-state index is -0.00156. The molecule has 3 fully saturated rings. The van der Waals surface area contributed by atoms with E-state index in [1.54, 1.807) is 0 Å². The molecule has 2 aromatic carbocycles. The number of hydrogen-bond acceptors (Lipinski definition) is 3. The van der Waals surface area contributed by atoms with Gasteiger partial charge in [-0.25, -0.2) is 4.98 Å². The van der Waals surface area contributed by atoms with Gasteiger partial charge < -0.3 is 15.6 Å². The lowest BCUT2D eigenvalue weighted by Crippen LogP contribution is -2.36. The van der Waals surface area contributed by atoms with E-state index in [1.807, 2.05) is 42.5 Å². The number of aromatic nitrogens is 2. The second kappa shape index (κ2) is 9.14. The van der Waals surface area contributed by atoms with Crippen LogP contribution in [0.2, 0.25) is 0 Å². The molecule has 3 unspecified atom stereocenters. The maximum absolute atomic E-state index is 13.0. The summed E-state index contributed by atoms with van der Waals surface area (Å²) < 4.78 is 0. The molecule has 0 radical (unpaired) electrons. The van der Waals surface area contributed by atoms with Crippen molar-refractivity contribution in [1.82, 2.24) is 15.3 Å². The van der Waals surface area contributed by atoms with Crippen LogP contribution in [0.4, 0.5) is 5.69 Å². The van der Waals surface area contributed by atoms with Gasteiger partial charge in [-0.05, 0) is 80.2 Å². The van der Waals surface area contributed by atoms with E-state index in [-0.39, 0.29) is 17.7 Å². The normalized spacial score (nSPS) is 26.2. The van der Waals surface area contributed by atoms with Gasteiger partial charge in [0.05, 0.1) is 11.0 Å². The molecule has 4 atom stereocenters. The highest BCUT2D eigenvalue weighted by Crippen LogP contribution is 2.52. The Hall–Kier alpha value is -3.15. The van der Waals surface area contributed by atoms with Crippen LogP contribution in [0.1, 0.15) is 68.6 Å². The predicted molar refractivity (Wildman–Crippen MR) is 138 cm³/mol. The van der Waals surface area contributed by atoms with Crippen LogP contribution in [0, 0.1) is 23.7 Å². The van der Waals surface area contributed by atoms with Crippen LogP contribution in [0.15, 0.2) is 42.5 Å². The van der Waals surface area contributed by atoms with Gasteiger partial charge in [-0.1, -0.05) is 38.3 Å². The molecule has 182 valence electrons. The van der Waals surface area contributed by atoms with Crippen molar-refractivity contribution in [1.29, 1.82) is 0 Å². The minimum Gasteiger partial charge on any atom is -0.349 e. The fourth-order valence-corrected chi connectivity index (χ4v) is 6.74. The molecule has 1 heterocycles. The van der Waals surface area contributed by atoms with Crippen molar-refractivity contribution >= 4 is 28.5 Å². The van der Waals surface area contributed by atoms with E-state index in [2.05, 4.69) is 22.5 Å². The highest BCUT2D eigenvalue weighted by Gasteiger charge is 2.48. The molecular formula is C29H34N4O2. The van der Waals surface area contributed by atoms with E-state index in [1.165, 1.54) is 32.1 Å². The minimum absolute atomic E-state index is 0.00156. The summed E-state index contributed by atoms with van der Waals surface area (Å²) in [4.78, 5) is 33.7. The number of anilines is 1. The van der Waals surface area contributed by atoms with E-state index >= 15 is 0 Å². The molecule has 2 amide bonds. The third-order valence-electron chi connectivity index (χ3n) is 8.81. The summed E-state index contributed by atoms with van der Waals surface area (Å²) in [6.07, 6.45) is 9.32. The highest BCUT2D eigenvalue weighted by molar-refractivity contribution is 5.96. The van der Waals surface area contributed by atoms with E-state index in [9.17, 15) is 9.59 Å². The molecule has 6 nitrogen and oxygen atoms in total. The number of nitrogens with zero attached hydrogens (tertiary/aromatic N) is 1. The lowest BCUT2D eigenvalue weighted by molar-refractivity contribution is -0.121. The number of amides is 2. The van der Waals surface area contributed by atoms with E-state index in [4.69, 9.17) is 4.98 Å². The Labute approximate surface area is 206 Å². The average Bonchev–Trinajstić information content (AvgIpc) is 3.56. The van der Waals surface area contributed by atoms with Crippen molar-refractivity contribution in [2.24, 2.45) is 23.7 Å². The summed E-state index contributed by atoms with van der Waals surface area (Å²) in [7, 11) is 0. The first-order valence-corrected chi connectivity index (χ1v) is 13.3. The SMILES string of the molecule is C[C@@H]1C2CCC1C(C(=O)Nc1ccc3nc(-c4ccc(C(=O)NC5CCCCC5)cc4)[nH]c3c1)C2. The van der Waals surface area contributed by atoms with Gasteiger partial charge in [0.2, 0.25) is 5.91 Å². The molecule has 3 aromatic rings. The van der Waals surface area contributed by atoms with Crippen molar-refractivity contribution in [3.63, 3.8) is 0 Å². The predicted octanol–water partition coefficient (Wildman–Crippen LogP) is 5.91. The van der Waals surface area contributed by atoms with Crippen LogP contribution in [0.5, 0.6) is 0 Å². The Balaban J connectivity index is 1.13. The van der Waals surface area contributed by atoms with Gasteiger partial charge in [-0.3, -0.25) is 9.59 Å². The molecule has 35 heavy (non-hydrogen) atoms. The Bertz CT molecular complexity index is 1240. The Morgan fingerprint density at radius 1 is 0.971 bits per heavy atom. The van der Waals surface area contributed by atoms with Crippen LogP contribution in [-0.4, -0.2) is 27.8 Å². The van der Waals surface area contributed by atoms with Gasteiger partial charge in [0, 0.05) is 28.8 Å². The quantitative estimate of drug-likeness (QED) is 0.433. The fraction of sp³-hybridized carbons (Fsp3) is 0.483. The zero-order valence-corrected chi connectivity index (χ0v) is 20.3. The zero-order chi connectivity index (χ0) is 23.9. The lowest BCUT2D eigenvalue weighted by Gasteiger charge is -2.22. The molecule has 2 bridgehead atoms. The summed E-state index contributed by atoms with van der Waals surface area (Å²) in [6.45, 7) is 2.31. The molecule has 6 heteroatoms. The topological polar surface area (TPSA) is 86.9 Å². The number of carbonyl (C=O) groups is 2. The van der Waals surface area contributed by atoms with Crippen molar-refractivity contribution in [3.8, 4) is 11.4 Å². The Morgan fingerprint density at radius 3 is 2.49 bits per heavy atom. The molecule has 1 aromatic heterocycles. The number of aromatic amines is 1. The van der Waals surface area contributed by atoms with Crippen molar-refractivity contribution in [2.75, 3.05) is 5.32 Å². The van der Waals surface area contributed by atoms with Gasteiger partial charge in [0.15, 0.2) is 0 Å². The number of fused-ring (bicyclic) bond motifs is 3. The molecule has 0 aliphatic heterocycles. The monoisotopic (exact) mass is 470 g/mol. The molecule has 3 saturated carbocycles. The van der Waals surface area contributed by atoms with Gasteiger partial charge >= 0.3 is 0 Å². The van der Waals surface area contributed by atoms with Crippen LogP contribution in [0.3, 0.4) is 0 Å². The van der Waals surface area contributed by atoms with Gasteiger partial charge in [0.25, 0.3) is 5.91 Å². The summed E-state index contributed by atoms with van der Waals surface area (Å²) in [5.74, 6) is 2.99. The van der Waals surface area contributed by atoms with Gasteiger partial charge in [0.1, 0.15) is 5.82 Å². The van der Waals surface area contributed by atoms with Crippen LogP contribution < -0.4 is 10.6 Å². The average molecular weight is 471 g/mol. The highest BCUT2D eigenvalue weighted by atomic mass is 16.2. The van der Waals surface area contributed by atoms with E-state index < -0.39 is 0 Å². The summed E-state index contributed by atoms with van der Waals surface area (Å²) in [5, 5.41) is 6.32. The summed E-state index contributed by atoms with van der Waals surface area (Å²) >= 11 is 0. The molecule has 0 saturated heterocycles. The van der Waals surface area contributed by atoms with Gasteiger partial charge in [-0.2, -0.15) is 0 Å². The molecule has 3 N–H and O–H groups in total. The van der Waals surface area contributed by atoms with Crippen LogP contribution in [-0.2, 0) is 4.79 Å². The second-order valence-corrected chi connectivity index (χ2v) is 10.9. The molecule has 3 aliphatic carbocycles. The first kappa shape index (κ1) is 22.3. The molecular weight excluding hydrogens is 436 g/mol. The fourth-order valence-electron chi connectivity index (χ4n) is 6.74. The Kier molecular flexibility index (Phi) is 5.83. The number of hydrogen-bond donors (Lipinski definition) is 3. The molecule has 3 aliphatic rings. The second-order valence-electron chi connectivity index (χ2n) is 10.9. The van der Waals surface area contributed by atoms with E-state index in [0.29, 0.717) is 23.4 Å². The van der Waals surface area contributed by atoms with Crippen molar-refractivity contribution < 1.29 is 9.59 Å². The summed E-state index contributed by atoms with van der Waals surface area (Å²) in [5.41, 5.74) is 4.15. The lowest BCUT2D eigenvalue weighted by atomic mass is 9.87. The Morgan fingerprint density at radius 2 is 1.77 bits per heavy atom. The van der Waals surface area contributed by atoms with Crippen molar-refractivity contribution in [2.45, 2.75) is 64.3 Å². The third-order valence-corrected chi connectivity index (χ3v) is 8.81. The number of nitrogens with one attached hydrogen (secondary N) is 3. The van der Waals surface area contributed by atoms with Crippen LogP contribution in [0.25, 0.3) is 22.4 Å². The molecule has 0 spiro atoms. The number of carbonyl (C=O) groups excluding carboxylic acids is 2. The van der Waals surface area contributed by atoms with E-state index in [0.717, 1.165) is 53.3 Å². The maximum Gasteiger partial charge on any atom is 0.251 e. The smallest absolute Gasteiger partial charge is 0.251 e. The van der Waals surface area contributed by atoms with Crippen LogP contribution >= 0.6 is 0 Å². The van der Waals surface area contributed by atoms with Crippen molar-refractivity contribution in [3.05, 3.63) is 48.0 Å². The standard InChI is InChI=1S/C29H34N4O2/c1-17-20-11-13-23(17)24(15-20)29(35)31-22-12-14-25-26(16-22)33-27(32-25)18-7-9-19(10-8-18)28(34)30-21-5-3-2-4-6-21/h7-10,12,14,16-17,20-21,23-24H,2-6,11,13,15H2,1H3,(H,30,34)(H,31,35)(H,32,33)/t17-,20?,23?,24?/m1/s1. The first-order valence-electron chi connectivity index (χ1n) is 13.3. The van der Waals surface area contributed by atoms with Gasteiger partial charge in [-0.15, -0.1) is 0 Å².